The molecule has 1 fully saturated rings. The van der Waals surface area contributed by atoms with Crippen LogP contribution >= 0.6 is 0 Å². The van der Waals surface area contributed by atoms with Crippen LogP contribution in [0.25, 0.3) is 33.5 Å². The lowest BCUT2D eigenvalue weighted by molar-refractivity contribution is -0.182. The Morgan fingerprint density at radius 3 is 2.91 bits per heavy atom. The van der Waals surface area contributed by atoms with Crippen molar-refractivity contribution in [2.45, 2.75) is 32.3 Å². The van der Waals surface area contributed by atoms with Crippen molar-refractivity contribution in [2.24, 2.45) is 0 Å². The highest BCUT2D eigenvalue weighted by Crippen LogP contribution is 2.32. The fraction of sp³-hybridized carbons (Fsp3) is 0.333. The summed E-state index contributed by atoms with van der Waals surface area (Å²) in [7, 11) is 0. The molecule has 1 saturated heterocycles. The van der Waals surface area contributed by atoms with Crippen LogP contribution in [0.3, 0.4) is 0 Å². The number of carbonyl (C=O) groups is 1. The van der Waals surface area contributed by atoms with Crippen LogP contribution in [-0.4, -0.2) is 61.9 Å². The number of aromatic carboxylic acids is 1. The zero-order valence-corrected chi connectivity index (χ0v) is 17.2. The molecule has 1 aliphatic heterocycles. The van der Waals surface area contributed by atoms with Crippen LogP contribution in [0.15, 0.2) is 30.6 Å². The van der Waals surface area contributed by atoms with E-state index in [0.29, 0.717) is 54.1 Å². The molecule has 172 valence electrons. The fourth-order valence-corrected chi connectivity index (χ4v) is 3.79. The van der Waals surface area contributed by atoms with Gasteiger partial charge in [0.25, 0.3) is 0 Å². The summed E-state index contributed by atoms with van der Waals surface area (Å²) in [4.78, 5) is 23.0. The molecule has 0 amide bonds. The first-order chi connectivity index (χ1) is 16.0. The first kappa shape index (κ1) is 21.2. The molecule has 0 unspecified atom stereocenters. The summed E-state index contributed by atoms with van der Waals surface area (Å²) in [6, 6.07) is 4.53. The van der Waals surface area contributed by atoms with Crippen molar-refractivity contribution in [2.75, 3.05) is 13.2 Å². The molecular formula is C21H19F2N5O5. The van der Waals surface area contributed by atoms with Gasteiger partial charge in [-0.15, -0.1) is 0 Å². The molecular weight excluding hydrogens is 440 g/mol. The lowest BCUT2D eigenvalue weighted by Crippen LogP contribution is -2.26. The zero-order valence-electron chi connectivity index (χ0n) is 17.2. The van der Waals surface area contributed by atoms with Crippen LogP contribution in [0.5, 0.6) is 5.75 Å². The normalized spacial score (nSPS) is 15.0. The molecule has 2 N–H and O–H groups in total. The van der Waals surface area contributed by atoms with Crippen molar-refractivity contribution in [3.63, 3.8) is 0 Å². The van der Waals surface area contributed by atoms with Crippen LogP contribution < -0.4 is 4.74 Å². The van der Waals surface area contributed by atoms with Gasteiger partial charge in [-0.25, -0.2) is 14.8 Å². The maximum Gasteiger partial charge on any atom is 0.387 e. The van der Waals surface area contributed by atoms with E-state index >= 15 is 0 Å². The van der Waals surface area contributed by atoms with E-state index in [2.05, 4.69) is 24.8 Å². The Labute approximate surface area is 185 Å². The topological polar surface area (TPSA) is 124 Å². The third kappa shape index (κ3) is 4.22. The lowest BCUT2D eigenvalue weighted by atomic mass is 10.1. The van der Waals surface area contributed by atoms with E-state index in [0.717, 1.165) is 6.42 Å². The summed E-state index contributed by atoms with van der Waals surface area (Å²) in [6.07, 6.45) is 3.79. The number of hydrogen-bond acceptors (Lipinski definition) is 7. The van der Waals surface area contributed by atoms with Crippen LogP contribution in [0.1, 0.15) is 23.2 Å². The average Bonchev–Trinajstić information content (AvgIpc) is 3.39. The maximum absolute atomic E-state index is 12.8. The number of nitrogens with zero attached hydrogens (tertiary/aromatic N) is 4. The minimum absolute atomic E-state index is 0.0286. The molecule has 33 heavy (non-hydrogen) atoms. The quantitative estimate of drug-likeness (QED) is 0.431. The van der Waals surface area contributed by atoms with Crippen LogP contribution in [0.2, 0.25) is 0 Å². The van der Waals surface area contributed by atoms with Crippen LogP contribution in [0, 0.1) is 0 Å². The van der Waals surface area contributed by atoms with Gasteiger partial charge < -0.3 is 24.3 Å². The number of halogens is 2. The van der Waals surface area contributed by atoms with Crippen molar-refractivity contribution in [1.29, 1.82) is 0 Å². The summed E-state index contributed by atoms with van der Waals surface area (Å²) >= 11 is 0. The molecule has 3 aromatic heterocycles. The van der Waals surface area contributed by atoms with E-state index in [-0.39, 0.29) is 23.1 Å². The second kappa shape index (κ2) is 8.71. The molecule has 1 aromatic carbocycles. The summed E-state index contributed by atoms with van der Waals surface area (Å²) < 4.78 is 43.0. The van der Waals surface area contributed by atoms with Gasteiger partial charge >= 0.3 is 12.6 Å². The van der Waals surface area contributed by atoms with Gasteiger partial charge in [0.05, 0.1) is 24.9 Å². The number of H-pyrrole nitrogens is 1. The van der Waals surface area contributed by atoms with E-state index in [4.69, 9.17) is 9.47 Å². The molecule has 0 saturated carbocycles. The number of aromatic nitrogens is 5. The van der Waals surface area contributed by atoms with E-state index in [1.165, 1.54) is 24.5 Å². The summed E-state index contributed by atoms with van der Waals surface area (Å²) in [5, 5.41) is 14.6. The molecule has 1 aliphatic rings. The molecule has 10 nitrogen and oxygen atoms in total. The second-order valence-electron chi connectivity index (χ2n) is 7.40. The van der Waals surface area contributed by atoms with Crippen LogP contribution in [0.4, 0.5) is 8.78 Å². The number of carboxylic acid groups (broad SMARTS) is 1. The van der Waals surface area contributed by atoms with Gasteiger partial charge in [-0.05, 0) is 24.6 Å². The zero-order chi connectivity index (χ0) is 22.9. The summed E-state index contributed by atoms with van der Waals surface area (Å²) in [5.41, 5.74) is 1.78. The van der Waals surface area contributed by atoms with Crippen molar-refractivity contribution >= 4 is 28.0 Å². The number of fused-ring (bicyclic) bond motifs is 2. The van der Waals surface area contributed by atoms with Crippen molar-refractivity contribution < 1.29 is 32.9 Å². The summed E-state index contributed by atoms with van der Waals surface area (Å²) in [6.45, 7) is -1.28. The molecule has 5 rings (SSSR count). The molecule has 4 heterocycles. The Morgan fingerprint density at radius 1 is 1.33 bits per heavy atom. The Morgan fingerprint density at radius 2 is 2.15 bits per heavy atom. The predicted molar refractivity (Wildman–Crippen MR) is 111 cm³/mol. The van der Waals surface area contributed by atoms with E-state index < -0.39 is 12.6 Å². The molecule has 12 heteroatoms. The number of benzene rings is 1. The standard InChI is InChI=1S/C21H19F2N5O5/c22-21(23)33-11-2-3-15-12(8-11)17(27-28(15)5-4-16-31-6-1-7-32-16)14-10-25-19-18(26-14)13(9-24-19)20(29)30/h2-3,8-10,16,21H,1,4-7H2,(H,24,25)(H,29,30). The van der Waals surface area contributed by atoms with Crippen molar-refractivity contribution in [3.8, 4) is 17.1 Å². The van der Waals surface area contributed by atoms with Gasteiger partial charge in [-0.2, -0.15) is 13.9 Å². The number of aryl methyl sites for hydroxylation is 1. The lowest BCUT2D eigenvalue weighted by Gasteiger charge is -2.23. The Hall–Kier alpha value is -3.64. The number of aromatic amines is 1. The SMILES string of the molecule is O=C(O)c1c[nH]c2ncc(-c3nn(CCC4OCCCO4)c4ccc(OC(F)F)cc34)nc12. The van der Waals surface area contributed by atoms with Gasteiger partial charge in [0.2, 0.25) is 0 Å². The molecule has 0 bridgehead atoms. The first-order valence-corrected chi connectivity index (χ1v) is 10.3. The molecule has 0 atom stereocenters. The number of hydrogen-bond donors (Lipinski definition) is 2. The number of rotatable bonds is 7. The smallest absolute Gasteiger partial charge is 0.387 e. The number of ether oxygens (including phenoxy) is 3. The van der Waals surface area contributed by atoms with Gasteiger partial charge in [-0.3, -0.25) is 4.68 Å². The highest BCUT2D eigenvalue weighted by Gasteiger charge is 2.21. The van der Waals surface area contributed by atoms with E-state index in [1.807, 2.05) is 0 Å². The highest BCUT2D eigenvalue weighted by atomic mass is 19.3. The highest BCUT2D eigenvalue weighted by molar-refractivity contribution is 6.01. The molecule has 0 radical (unpaired) electrons. The molecule has 0 spiro atoms. The largest absolute Gasteiger partial charge is 0.478 e. The predicted octanol–water partition coefficient (Wildman–Crippen LogP) is 3.43. The van der Waals surface area contributed by atoms with Gasteiger partial charge in [0.1, 0.15) is 28.2 Å². The van der Waals surface area contributed by atoms with E-state index in [1.54, 1.807) is 10.7 Å². The average molecular weight is 459 g/mol. The summed E-state index contributed by atoms with van der Waals surface area (Å²) in [5.74, 6) is -1.18. The third-order valence-electron chi connectivity index (χ3n) is 5.27. The van der Waals surface area contributed by atoms with Gasteiger partial charge in [0.15, 0.2) is 11.9 Å². The monoisotopic (exact) mass is 459 g/mol. The van der Waals surface area contributed by atoms with Crippen LogP contribution in [-0.2, 0) is 16.0 Å². The van der Waals surface area contributed by atoms with Crippen molar-refractivity contribution in [1.82, 2.24) is 24.7 Å². The van der Waals surface area contributed by atoms with Gasteiger partial charge in [-0.1, -0.05) is 0 Å². The minimum atomic E-state index is -2.98. The number of carboxylic acids is 1. The Kier molecular flexibility index (Phi) is 5.60. The molecule has 4 aromatic rings. The third-order valence-corrected chi connectivity index (χ3v) is 5.27. The molecule has 0 aliphatic carbocycles. The van der Waals surface area contributed by atoms with E-state index in [9.17, 15) is 18.7 Å². The maximum atomic E-state index is 12.8. The fourth-order valence-electron chi connectivity index (χ4n) is 3.79. The first-order valence-electron chi connectivity index (χ1n) is 10.3. The number of nitrogens with one attached hydrogen (secondary N) is 1. The Bertz CT molecular complexity index is 1320. The van der Waals surface area contributed by atoms with Crippen molar-refractivity contribution in [3.05, 3.63) is 36.2 Å². The number of alkyl halides is 2. The second-order valence-corrected chi connectivity index (χ2v) is 7.40. The minimum Gasteiger partial charge on any atom is -0.478 e. The Balaban J connectivity index is 1.58. The van der Waals surface area contributed by atoms with Gasteiger partial charge in [0, 0.05) is 24.5 Å².